The van der Waals surface area contributed by atoms with Crippen LogP contribution in [0.4, 0.5) is 11.9 Å². The quantitative estimate of drug-likeness (QED) is 0.614. The average Bonchev–Trinajstić information content (AvgIpc) is 2.41. The standard InChI is InChI=1S/C12H23N5O3S/c1-4-7-13-10-15-11(17-12(16-10)20-5-2)14-8-6-9-21(3,18)19/h4-9H2,1-3H3,(H2,13,14,15,16,17). The van der Waals surface area contributed by atoms with Crippen LogP contribution in [0.25, 0.3) is 0 Å². The number of anilines is 2. The van der Waals surface area contributed by atoms with Crippen molar-refractivity contribution >= 4 is 21.7 Å². The zero-order chi connectivity index (χ0) is 15.7. The van der Waals surface area contributed by atoms with Gasteiger partial charge >= 0.3 is 6.01 Å². The SMILES string of the molecule is CCCNc1nc(NCCCS(C)(=O)=O)nc(OCC)n1. The molecule has 0 spiro atoms. The maximum absolute atomic E-state index is 11.1. The second-order valence-corrected chi connectivity index (χ2v) is 6.79. The fourth-order valence-electron chi connectivity index (χ4n) is 1.48. The highest BCUT2D eigenvalue weighted by Crippen LogP contribution is 2.11. The van der Waals surface area contributed by atoms with Crippen molar-refractivity contribution in [3.63, 3.8) is 0 Å². The van der Waals surface area contributed by atoms with Crippen LogP contribution in [0.5, 0.6) is 6.01 Å². The van der Waals surface area contributed by atoms with Gasteiger partial charge in [0.1, 0.15) is 9.84 Å². The lowest BCUT2D eigenvalue weighted by Gasteiger charge is -2.09. The van der Waals surface area contributed by atoms with Crippen LogP contribution < -0.4 is 15.4 Å². The summed E-state index contributed by atoms with van der Waals surface area (Å²) in [6.45, 7) is 5.58. The van der Waals surface area contributed by atoms with E-state index in [4.69, 9.17) is 4.74 Å². The van der Waals surface area contributed by atoms with Crippen molar-refractivity contribution < 1.29 is 13.2 Å². The molecule has 0 radical (unpaired) electrons. The lowest BCUT2D eigenvalue weighted by molar-refractivity contribution is 0.312. The summed E-state index contributed by atoms with van der Waals surface area (Å²) in [6.07, 6.45) is 2.66. The first-order valence-electron chi connectivity index (χ1n) is 6.99. The van der Waals surface area contributed by atoms with Gasteiger partial charge in [0.25, 0.3) is 0 Å². The molecule has 0 atom stereocenters. The van der Waals surface area contributed by atoms with E-state index >= 15 is 0 Å². The molecule has 0 aliphatic heterocycles. The molecule has 21 heavy (non-hydrogen) atoms. The second kappa shape index (κ2) is 8.60. The molecule has 0 fully saturated rings. The molecule has 0 saturated heterocycles. The summed E-state index contributed by atoms with van der Waals surface area (Å²) in [4.78, 5) is 12.5. The molecule has 0 aliphatic carbocycles. The molecule has 120 valence electrons. The second-order valence-electron chi connectivity index (χ2n) is 4.54. The van der Waals surface area contributed by atoms with Crippen molar-refractivity contribution in [2.24, 2.45) is 0 Å². The van der Waals surface area contributed by atoms with Crippen molar-refractivity contribution in [1.82, 2.24) is 15.0 Å². The topological polar surface area (TPSA) is 106 Å². The van der Waals surface area contributed by atoms with Gasteiger partial charge in [-0.15, -0.1) is 0 Å². The number of ether oxygens (including phenoxy) is 1. The Hall–Kier alpha value is -1.64. The van der Waals surface area contributed by atoms with E-state index < -0.39 is 9.84 Å². The summed E-state index contributed by atoms with van der Waals surface area (Å²) >= 11 is 0. The Morgan fingerprint density at radius 3 is 2.19 bits per heavy atom. The zero-order valence-electron chi connectivity index (χ0n) is 12.7. The van der Waals surface area contributed by atoms with Gasteiger partial charge in [-0.05, 0) is 19.8 Å². The van der Waals surface area contributed by atoms with Crippen LogP contribution in [0, 0.1) is 0 Å². The third kappa shape index (κ3) is 7.64. The fourth-order valence-corrected chi connectivity index (χ4v) is 2.15. The van der Waals surface area contributed by atoms with Crippen molar-refractivity contribution in [1.29, 1.82) is 0 Å². The number of hydrogen-bond donors (Lipinski definition) is 2. The van der Waals surface area contributed by atoms with Gasteiger partial charge in [0.2, 0.25) is 11.9 Å². The van der Waals surface area contributed by atoms with E-state index in [0.29, 0.717) is 31.5 Å². The summed E-state index contributed by atoms with van der Waals surface area (Å²) in [5.41, 5.74) is 0. The van der Waals surface area contributed by atoms with Gasteiger partial charge < -0.3 is 15.4 Å². The molecule has 0 amide bonds. The predicted octanol–water partition coefficient (Wildman–Crippen LogP) is 0.939. The smallest absolute Gasteiger partial charge is 0.323 e. The van der Waals surface area contributed by atoms with E-state index in [9.17, 15) is 8.42 Å². The Balaban J connectivity index is 2.64. The highest BCUT2D eigenvalue weighted by atomic mass is 32.2. The molecule has 0 unspecified atom stereocenters. The largest absolute Gasteiger partial charge is 0.464 e. The van der Waals surface area contributed by atoms with E-state index in [0.717, 1.165) is 13.0 Å². The first-order chi connectivity index (χ1) is 9.94. The lowest BCUT2D eigenvalue weighted by atomic mass is 10.5. The van der Waals surface area contributed by atoms with Gasteiger partial charge in [-0.25, -0.2) is 8.42 Å². The molecular formula is C12H23N5O3S. The summed E-state index contributed by atoms with van der Waals surface area (Å²) in [5.74, 6) is 0.950. The maximum Gasteiger partial charge on any atom is 0.323 e. The molecule has 8 nitrogen and oxygen atoms in total. The molecule has 1 heterocycles. The minimum atomic E-state index is -2.95. The predicted molar refractivity (Wildman–Crippen MR) is 82.6 cm³/mol. The number of nitrogens with zero attached hydrogens (tertiary/aromatic N) is 3. The highest BCUT2D eigenvalue weighted by molar-refractivity contribution is 7.90. The Bertz CT molecular complexity index is 536. The Morgan fingerprint density at radius 2 is 1.67 bits per heavy atom. The number of sulfone groups is 1. The Morgan fingerprint density at radius 1 is 1.05 bits per heavy atom. The summed E-state index contributed by atoms with van der Waals surface area (Å²) in [6, 6.07) is 0.247. The summed E-state index contributed by atoms with van der Waals surface area (Å²) in [5, 5.41) is 6.06. The third-order valence-corrected chi connectivity index (χ3v) is 3.43. The van der Waals surface area contributed by atoms with E-state index in [-0.39, 0.29) is 11.8 Å². The molecule has 9 heteroatoms. The fraction of sp³-hybridized carbons (Fsp3) is 0.750. The average molecular weight is 317 g/mol. The minimum Gasteiger partial charge on any atom is -0.464 e. The van der Waals surface area contributed by atoms with Crippen molar-refractivity contribution in [3.05, 3.63) is 0 Å². The normalized spacial score (nSPS) is 11.2. The van der Waals surface area contributed by atoms with Crippen LogP contribution in [0.3, 0.4) is 0 Å². The lowest BCUT2D eigenvalue weighted by Crippen LogP contribution is -2.14. The number of hydrogen-bond acceptors (Lipinski definition) is 8. The number of aromatic nitrogens is 3. The van der Waals surface area contributed by atoms with Gasteiger partial charge in [-0.3, -0.25) is 0 Å². The Kier molecular flexibility index (Phi) is 7.13. The molecule has 0 saturated carbocycles. The van der Waals surface area contributed by atoms with Crippen LogP contribution in [0.15, 0.2) is 0 Å². The summed E-state index contributed by atoms with van der Waals surface area (Å²) in [7, 11) is -2.95. The molecule has 1 aromatic rings. The molecule has 1 rings (SSSR count). The molecule has 1 aromatic heterocycles. The summed E-state index contributed by atoms with van der Waals surface area (Å²) < 4.78 is 27.4. The van der Waals surface area contributed by atoms with Crippen LogP contribution in [0.2, 0.25) is 0 Å². The van der Waals surface area contributed by atoms with Crippen LogP contribution in [0.1, 0.15) is 26.7 Å². The Labute approximate surface area is 125 Å². The molecule has 0 aromatic carbocycles. The van der Waals surface area contributed by atoms with E-state index in [1.54, 1.807) is 0 Å². The van der Waals surface area contributed by atoms with Crippen LogP contribution in [-0.4, -0.2) is 55.1 Å². The van der Waals surface area contributed by atoms with Gasteiger partial charge in [0.05, 0.1) is 12.4 Å². The highest BCUT2D eigenvalue weighted by Gasteiger charge is 2.07. The van der Waals surface area contributed by atoms with Gasteiger partial charge in [-0.1, -0.05) is 6.92 Å². The van der Waals surface area contributed by atoms with E-state index in [1.807, 2.05) is 13.8 Å². The molecule has 2 N–H and O–H groups in total. The number of nitrogens with one attached hydrogen (secondary N) is 2. The first-order valence-corrected chi connectivity index (χ1v) is 9.05. The van der Waals surface area contributed by atoms with E-state index in [1.165, 1.54) is 6.26 Å². The van der Waals surface area contributed by atoms with Gasteiger partial charge in [-0.2, -0.15) is 15.0 Å². The molecule has 0 bridgehead atoms. The van der Waals surface area contributed by atoms with Crippen LogP contribution >= 0.6 is 0 Å². The van der Waals surface area contributed by atoms with Gasteiger partial charge in [0.15, 0.2) is 0 Å². The van der Waals surface area contributed by atoms with Crippen molar-refractivity contribution in [3.8, 4) is 6.01 Å². The molecular weight excluding hydrogens is 294 g/mol. The third-order valence-electron chi connectivity index (χ3n) is 2.40. The zero-order valence-corrected chi connectivity index (χ0v) is 13.5. The molecule has 0 aliphatic rings. The minimum absolute atomic E-state index is 0.129. The monoisotopic (exact) mass is 317 g/mol. The maximum atomic E-state index is 11.1. The first kappa shape index (κ1) is 17.4. The van der Waals surface area contributed by atoms with Gasteiger partial charge in [0, 0.05) is 19.3 Å². The van der Waals surface area contributed by atoms with Crippen molar-refractivity contribution in [2.45, 2.75) is 26.7 Å². The van der Waals surface area contributed by atoms with Crippen LogP contribution in [-0.2, 0) is 9.84 Å². The number of rotatable bonds is 10. The van der Waals surface area contributed by atoms with E-state index in [2.05, 4.69) is 25.6 Å². The van der Waals surface area contributed by atoms with Crippen molar-refractivity contribution in [2.75, 3.05) is 42.3 Å².